The molecular formula is C19H28O2S. The lowest BCUT2D eigenvalue weighted by Crippen LogP contribution is -2.01. The zero-order valence-corrected chi connectivity index (χ0v) is 14.3. The number of hydrogen-bond donors (Lipinski definition) is 0. The zero-order valence-electron chi connectivity index (χ0n) is 13.5. The molecule has 0 aliphatic carbocycles. The fourth-order valence-electron chi connectivity index (χ4n) is 2.20. The minimum absolute atomic E-state index is 0.312. The van der Waals surface area contributed by atoms with E-state index in [2.05, 4.69) is 36.9 Å². The Kier molecular flexibility index (Phi) is 11.5. The molecule has 0 amide bonds. The Hall–Kier alpha value is -1.22. The third-order valence-electron chi connectivity index (χ3n) is 3.46. The van der Waals surface area contributed by atoms with E-state index in [1.54, 1.807) is 0 Å². The number of rotatable bonds is 13. The Morgan fingerprint density at radius 1 is 0.955 bits per heavy atom. The first-order chi connectivity index (χ1) is 10.8. The average molecular weight is 320 g/mol. The molecular weight excluding hydrogens is 292 g/mol. The van der Waals surface area contributed by atoms with Crippen LogP contribution in [0.3, 0.4) is 0 Å². The van der Waals surface area contributed by atoms with Crippen LogP contribution >= 0.6 is 11.8 Å². The summed E-state index contributed by atoms with van der Waals surface area (Å²) in [6.07, 6.45) is 11.2. The summed E-state index contributed by atoms with van der Waals surface area (Å²) in [5.74, 6) is 0.909. The van der Waals surface area contributed by atoms with Crippen molar-refractivity contribution in [2.45, 2.75) is 56.3 Å². The molecule has 3 heteroatoms. The number of carbonyl (C=O) groups excluding carboxylic acids is 1. The molecule has 0 saturated heterocycles. The third-order valence-corrected chi connectivity index (χ3v) is 4.56. The van der Waals surface area contributed by atoms with Gasteiger partial charge in [0, 0.05) is 11.0 Å². The summed E-state index contributed by atoms with van der Waals surface area (Å²) >= 11 is 1.95. The van der Waals surface area contributed by atoms with Crippen LogP contribution in [0.2, 0.25) is 0 Å². The number of carbonyl (C=O) groups is 1. The molecule has 1 rings (SSSR count). The van der Waals surface area contributed by atoms with Gasteiger partial charge in [-0.15, -0.1) is 11.8 Å². The van der Waals surface area contributed by atoms with Gasteiger partial charge in [0.15, 0.2) is 0 Å². The highest BCUT2D eigenvalue weighted by molar-refractivity contribution is 7.99. The monoisotopic (exact) mass is 320 g/mol. The highest BCUT2D eigenvalue weighted by Gasteiger charge is 1.96. The van der Waals surface area contributed by atoms with Gasteiger partial charge in [0.25, 0.3) is 0 Å². The highest BCUT2D eigenvalue weighted by Crippen LogP contribution is 2.19. The minimum Gasteiger partial charge on any atom is -0.463 e. The van der Waals surface area contributed by atoms with E-state index in [9.17, 15) is 4.79 Å². The number of unbranched alkanes of at least 4 members (excludes halogenated alkanes) is 7. The summed E-state index contributed by atoms with van der Waals surface area (Å²) < 4.78 is 4.94. The molecule has 0 aromatic heterocycles. The molecule has 2 nitrogen and oxygen atoms in total. The lowest BCUT2D eigenvalue weighted by Gasteiger charge is -2.03. The van der Waals surface area contributed by atoms with Crippen molar-refractivity contribution in [1.82, 2.24) is 0 Å². The van der Waals surface area contributed by atoms with Crippen LogP contribution in [0.25, 0.3) is 0 Å². The van der Waals surface area contributed by atoms with E-state index in [0.717, 1.165) is 12.8 Å². The molecule has 122 valence electrons. The van der Waals surface area contributed by atoms with Gasteiger partial charge in [0.1, 0.15) is 0 Å². The molecule has 1 aromatic rings. The molecule has 0 atom stereocenters. The second-order valence-corrected chi connectivity index (χ2v) is 6.53. The summed E-state index contributed by atoms with van der Waals surface area (Å²) in [6.45, 7) is 3.90. The van der Waals surface area contributed by atoms with Crippen molar-refractivity contribution in [1.29, 1.82) is 0 Å². The van der Waals surface area contributed by atoms with E-state index in [1.165, 1.54) is 55.2 Å². The maximum absolute atomic E-state index is 10.8. The normalized spacial score (nSPS) is 10.4. The van der Waals surface area contributed by atoms with Crippen LogP contribution in [0.1, 0.15) is 51.4 Å². The average Bonchev–Trinajstić information content (AvgIpc) is 2.56. The lowest BCUT2D eigenvalue weighted by atomic mass is 10.1. The van der Waals surface area contributed by atoms with Crippen LogP contribution in [0.15, 0.2) is 47.9 Å². The first kappa shape index (κ1) is 18.8. The fourth-order valence-corrected chi connectivity index (χ4v) is 3.14. The first-order valence-electron chi connectivity index (χ1n) is 8.30. The minimum atomic E-state index is -0.312. The van der Waals surface area contributed by atoms with Crippen LogP contribution in [0.5, 0.6) is 0 Å². The summed E-state index contributed by atoms with van der Waals surface area (Å²) in [6, 6.07) is 10.6. The number of hydrogen-bond acceptors (Lipinski definition) is 3. The quantitative estimate of drug-likeness (QED) is 0.204. The summed E-state index contributed by atoms with van der Waals surface area (Å²) in [5.41, 5.74) is 0. The van der Waals surface area contributed by atoms with Crippen molar-refractivity contribution < 1.29 is 9.53 Å². The predicted molar refractivity (Wildman–Crippen MR) is 95.3 cm³/mol. The van der Waals surface area contributed by atoms with Crippen molar-refractivity contribution >= 4 is 17.7 Å². The molecule has 0 heterocycles. The van der Waals surface area contributed by atoms with Gasteiger partial charge in [0.05, 0.1) is 6.61 Å². The van der Waals surface area contributed by atoms with Gasteiger partial charge in [-0.25, -0.2) is 4.79 Å². The van der Waals surface area contributed by atoms with Crippen LogP contribution in [-0.2, 0) is 9.53 Å². The Bertz CT molecular complexity index is 403. The second kappa shape index (κ2) is 13.4. The van der Waals surface area contributed by atoms with E-state index in [4.69, 9.17) is 4.74 Å². The van der Waals surface area contributed by atoms with Crippen LogP contribution < -0.4 is 0 Å². The van der Waals surface area contributed by atoms with Gasteiger partial charge in [-0.05, 0) is 30.7 Å². The van der Waals surface area contributed by atoms with E-state index >= 15 is 0 Å². The number of esters is 1. The Labute approximate surface area is 139 Å². The number of benzene rings is 1. The molecule has 0 radical (unpaired) electrons. The number of ether oxygens (including phenoxy) is 1. The van der Waals surface area contributed by atoms with Gasteiger partial charge in [-0.1, -0.05) is 63.3 Å². The molecule has 0 N–H and O–H groups in total. The molecule has 0 aliphatic rings. The molecule has 0 aliphatic heterocycles. The summed E-state index contributed by atoms with van der Waals surface area (Å²) in [7, 11) is 0. The Morgan fingerprint density at radius 3 is 2.18 bits per heavy atom. The summed E-state index contributed by atoms with van der Waals surface area (Å²) in [5, 5.41) is 0. The van der Waals surface area contributed by atoms with E-state index in [0.29, 0.717) is 6.61 Å². The highest BCUT2D eigenvalue weighted by atomic mass is 32.2. The first-order valence-corrected chi connectivity index (χ1v) is 9.28. The second-order valence-electron chi connectivity index (χ2n) is 5.36. The molecule has 0 unspecified atom stereocenters. The van der Waals surface area contributed by atoms with Crippen molar-refractivity contribution in [3.8, 4) is 0 Å². The molecule has 0 spiro atoms. The van der Waals surface area contributed by atoms with Crippen LogP contribution in [0, 0.1) is 0 Å². The maximum atomic E-state index is 10.8. The Morgan fingerprint density at radius 2 is 1.55 bits per heavy atom. The van der Waals surface area contributed by atoms with Crippen molar-refractivity contribution in [3.63, 3.8) is 0 Å². The predicted octanol–water partition coefficient (Wildman–Crippen LogP) is 5.63. The maximum Gasteiger partial charge on any atom is 0.330 e. The van der Waals surface area contributed by atoms with Gasteiger partial charge in [-0.2, -0.15) is 0 Å². The van der Waals surface area contributed by atoms with E-state index < -0.39 is 0 Å². The smallest absolute Gasteiger partial charge is 0.330 e. The van der Waals surface area contributed by atoms with Crippen molar-refractivity contribution in [2.75, 3.05) is 12.4 Å². The topological polar surface area (TPSA) is 26.3 Å². The van der Waals surface area contributed by atoms with Crippen molar-refractivity contribution in [3.05, 3.63) is 43.0 Å². The van der Waals surface area contributed by atoms with Gasteiger partial charge in [-0.3, -0.25) is 0 Å². The molecule has 22 heavy (non-hydrogen) atoms. The molecule has 0 saturated carbocycles. The SMILES string of the molecule is C=CC(=O)OCCCCCCCCCCSc1ccccc1. The van der Waals surface area contributed by atoms with Gasteiger partial charge >= 0.3 is 5.97 Å². The largest absolute Gasteiger partial charge is 0.463 e. The number of thioether (sulfide) groups is 1. The van der Waals surface area contributed by atoms with Crippen LogP contribution in [-0.4, -0.2) is 18.3 Å². The molecule has 0 fully saturated rings. The lowest BCUT2D eigenvalue weighted by molar-refractivity contribution is -0.137. The molecule has 0 bridgehead atoms. The van der Waals surface area contributed by atoms with Gasteiger partial charge < -0.3 is 4.74 Å². The van der Waals surface area contributed by atoms with E-state index in [-0.39, 0.29) is 5.97 Å². The standard InChI is InChI=1S/C19H28O2S/c1-2-19(20)21-16-12-7-5-3-4-6-8-13-17-22-18-14-10-9-11-15-18/h2,9-11,14-15H,1,3-8,12-13,16-17H2. The van der Waals surface area contributed by atoms with Crippen LogP contribution in [0.4, 0.5) is 0 Å². The Balaban J connectivity index is 1.78. The molecule has 1 aromatic carbocycles. The van der Waals surface area contributed by atoms with Crippen molar-refractivity contribution in [2.24, 2.45) is 0 Å². The zero-order chi connectivity index (χ0) is 15.9. The van der Waals surface area contributed by atoms with E-state index in [1.807, 2.05) is 11.8 Å². The van der Waals surface area contributed by atoms with Gasteiger partial charge in [0.2, 0.25) is 0 Å². The third kappa shape index (κ3) is 10.5. The fraction of sp³-hybridized carbons (Fsp3) is 0.526. The summed E-state index contributed by atoms with van der Waals surface area (Å²) in [4.78, 5) is 12.2.